The smallest absolute Gasteiger partial charge is 0.241 e. The van der Waals surface area contributed by atoms with Gasteiger partial charge in [-0.05, 0) is 59.8 Å². The van der Waals surface area contributed by atoms with E-state index in [0.29, 0.717) is 23.6 Å². The van der Waals surface area contributed by atoms with Crippen LogP contribution >= 0.6 is 31.9 Å². The van der Waals surface area contributed by atoms with Crippen LogP contribution in [0.2, 0.25) is 0 Å². The zero-order valence-electron chi connectivity index (χ0n) is 11.1. The van der Waals surface area contributed by atoms with Crippen LogP contribution in [0.25, 0.3) is 0 Å². The first-order valence-electron chi connectivity index (χ1n) is 6.45. The van der Waals surface area contributed by atoms with E-state index in [0.717, 1.165) is 17.3 Å². The lowest BCUT2D eigenvalue weighted by atomic mass is 9.94. The van der Waals surface area contributed by atoms with Crippen molar-refractivity contribution in [1.82, 2.24) is 4.72 Å². The van der Waals surface area contributed by atoms with E-state index in [-0.39, 0.29) is 10.9 Å². The largest absolute Gasteiger partial charge is 0.381 e. The van der Waals surface area contributed by atoms with Gasteiger partial charge in [0, 0.05) is 28.2 Å². The molecule has 7 heteroatoms. The van der Waals surface area contributed by atoms with Gasteiger partial charge in [-0.1, -0.05) is 15.9 Å². The van der Waals surface area contributed by atoms with Gasteiger partial charge in [-0.25, -0.2) is 13.1 Å². The minimum absolute atomic E-state index is 0.102. The first-order chi connectivity index (χ1) is 9.40. The van der Waals surface area contributed by atoms with Gasteiger partial charge in [-0.2, -0.15) is 0 Å². The monoisotopic (exact) mass is 425 g/mol. The van der Waals surface area contributed by atoms with Crippen LogP contribution < -0.4 is 4.72 Å². The summed E-state index contributed by atoms with van der Waals surface area (Å²) in [6, 6.07) is 5.01. The molecular formula is C13H17Br2NO3S. The van der Waals surface area contributed by atoms with Crippen LogP contribution in [-0.2, 0) is 14.8 Å². The van der Waals surface area contributed by atoms with Gasteiger partial charge < -0.3 is 4.74 Å². The van der Waals surface area contributed by atoms with E-state index in [4.69, 9.17) is 4.74 Å². The van der Waals surface area contributed by atoms with Crippen molar-refractivity contribution in [1.29, 1.82) is 0 Å². The van der Waals surface area contributed by atoms with Crippen LogP contribution in [0.3, 0.4) is 0 Å². The summed E-state index contributed by atoms with van der Waals surface area (Å²) in [6.07, 6.45) is 1.78. The van der Waals surface area contributed by atoms with Gasteiger partial charge in [0.15, 0.2) is 0 Å². The van der Waals surface area contributed by atoms with Crippen molar-refractivity contribution in [3.63, 3.8) is 0 Å². The Morgan fingerprint density at radius 1 is 1.30 bits per heavy atom. The Kier molecular flexibility index (Phi) is 5.64. The van der Waals surface area contributed by atoms with E-state index in [2.05, 4.69) is 36.6 Å². The molecule has 0 spiro atoms. The molecule has 1 N–H and O–H groups in total. The molecule has 1 aliphatic rings. The highest BCUT2D eigenvalue weighted by atomic mass is 79.9. The van der Waals surface area contributed by atoms with Gasteiger partial charge in [0.1, 0.15) is 0 Å². The Balaban J connectivity index is 2.16. The quantitative estimate of drug-likeness (QED) is 0.803. The maximum absolute atomic E-state index is 12.5. The molecule has 1 heterocycles. The van der Waals surface area contributed by atoms with E-state index >= 15 is 0 Å². The summed E-state index contributed by atoms with van der Waals surface area (Å²) in [6.45, 7) is 3.33. The van der Waals surface area contributed by atoms with E-state index in [1.165, 1.54) is 0 Å². The maximum atomic E-state index is 12.5. The maximum Gasteiger partial charge on any atom is 0.241 e. The number of hydrogen-bond acceptors (Lipinski definition) is 3. The molecule has 0 aliphatic carbocycles. The summed E-state index contributed by atoms with van der Waals surface area (Å²) in [4.78, 5) is 0.255. The molecular weight excluding hydrogens is 410 g/mol. The highest BCUT2D eigenvalue weighted by molar-refractivity contribution is 9.11. The Hall–Kier alpha value is 0.0500. The lowest BCUT2D eigenvalue weighted by molar-refractivity contribution is 0.0585. The summed E-state index contributed by atoms with van der Waals surface area (Å²) in [5, 5.41) is 0. The molecule has 4 nitrogen and oxygen atoms in total. The molecule has 0 aromatic heterocycles. The van der Waals surface area contributed by atoms with Gasteiger partial charge in [0.05, 0.1) is 4.90 Å². The molecule has 1 saturated heterocycles. The Morgan fingerprint density at radius 3 is 2.60 bits per heavy atom. The van der Waals surface area contributed by atoms with Crippen molar-refractivity contribution in [3.05, 3.63) is 27.1 Å². The standard InChI is InChI=1S/C13H17Br2NO3S/c1-9(10-4-6-19-7-5-10)16-20(17,18)13-8-11(14)2-3-12(13)15/h2-3,8-10,16H,4-7H2,1H3. The van der Waals surface area contributed by atoms with E-state index in [1.807, 2.05) is 6.92 Å². The minimum Gasteiger partial charge on any atom is -0.381 e. The lowest BCUT2D eigenvalue weighted by Crippen LogP contribution is -2.40. The lowest BCUT2D eigenvalue weighted by Gasteiger charge is -2.28. The number of rotatable bonds is 4. The van der Waals surface area contributed by atoms with Crippen LogP contribution in [0.1, 0.15) is 19.8 Å². The van der Waals surface area contributed by atoms with Crippen molar-refractivity contribution >= 4 is 41.9 Å². The first kappa shape index (κ1) is 16.4. The number of sulfonamides is 1. The van der Waals surface area contributed by atoms with Crippen molar-refractivity contribution in [2.45, 2.75) is 30.7 Å². The van der Waals surface area contributed by atoms with Crippen LogP contribution in [0.4, 0.5) is 0 Å². The molecule has 0 radical (unpaired) electrons. The highest BCUT2D eigenvalue weighted by Gasteiger charge is 2.26. The third kappa shape index (κ3) is 4.04. The van der Waals surface area contributed by atoms with Crippen molar-refractivity contribution in [2.75, 3.05) is 13.2 Å². The molecule has 0 saturated carbocycles. The molecule has 1 unspecified atom stereocenters. The Bertz CT molecular complexity index is 571. The molecule has 1 aromatic rings. The zero-order valence-corrected chi connectivity index (χ0v) is 15.1. The number of halogens is 2. The van der Waals surface area contributed by atoms with Crippen molar-refractivity contribution in [2.24, 2.45) is 5.92 Å². The average Bonchev–Trinajstić information content (AvgIpc) is 2.42. The predicted molar refractivity (Wildman–Crippen MR) is 85.2 cm³/mol. The summed E-state index contributed by atoms with van der Waals surface area (Å²) in [5.74, 6) is 0.324. The van der Waals surface area contributed by atoms with E-state index < -0.39 is 10.0 Å². The summed E-state index contributed by atoms with van der Waals surface area (Å²) in [7, 11) is -3.53. The molecule has 1 aromatic carbocycles. The molecule has 2 rings (SSSR count). The molecule has 0 bridgehead atoms. The van der Waals surface area contributed by atoms with Gasteiger partial charge >= 0.3 is 0 Å². The number of nitrogens with one attached hydrogen (secondary N) is 1. The second-order valence-electron chi connectivity index (χ2n) is 4.93. The van der Waals surface area contributed by atoms with Crippen LogP contribution in [-0.4, -0.2) is 27.7 Å². The predicted octanol–water partition coefficient (Wildman–Crippen LogP) is 3.31. The highest BCUT2D eigenvalue weighted by Crippen LogP contribution is 2.27. The van der Waals surface area contributed by atoms with Gasteiger partial charge in [-0.15, -0.1) is 0 Å². The molecule has 112 valence electrons. The Labute approximate surface area is 136 Å². The molecule has 0 amide bonds. The second-order valence-corrected chi connectivity index (χ2v) is 8.39. The summed E-state index contributed by atoms with van der Waals surface area (Å²) < 4.78 is 34.3. The average molecular weight is 427 g/mol. The molecule has 1 aliphatic heterocycles. The topological polar surface area (TPSA) is 55.4 Å². The fourth-order valence-corrected chi connectivity index (χ4v) is 5.12. The van der Waals surface area contributed by atoms with Crippen LogP contribution in [0, 0.1) is 5.92 Å². The van der Waals surface area contributed by atoms with Crippen molar-refractivity contribution in [3.8, 4) is 0 Å². The number of hydrogen-bond donors (Lipinski definition) is 1. The van der Waals surface area contributed by atoms with E-state index in [1.54, 1.807) is 18.2 Å². The molecule has 1 atom stereocenters. The van der Waals surface area contributed by atoms with Gasteiger partial charge in [0.25, 0.3) is 0 Å². The van der Waals surface area contributed by atoms with E-state index in [9.17, 15) is 8.42 Å². The van der Waals surface area contributed by atoms with Crippen molar-refractivity contribution < 1.29 is 13.2 Å². The van der Waals surface area contributed by atoms with Gasteiger partial charge in [-0.3, -0.25) is 0 Å². The van der Waals surface area contributed by atoms with Crippen LogP contribution in [0.5, 0.6) is 0 Å². The molecule has 1 fully saturated rings. The molecule has 20 heavy (non-hydrogen) atoms. The number of ether oxygens (including phenoxy) is 1. The Morgan fingerprint density at radius 2 is 1.95 bits per heavy atom. The third-order valence-electron chi connectivity index (χ3n) is 3.50. The number of benzene rings is 1. The normalized spacial score (nSPS) is 18.9. The summed E-state index contributed by atoms with van der Waals surface area (Å²) in [5.41, 5.74) is 0. The zero-order chi connectivity index (χ0) is 14.8. The third-order valence-corrected chi connectivity index (χ3v) is 6.54. The van der Waals surface area contributed by atoms with Crippen LogP contribution in [0.15, 0.2) is 32.0 Å². The summed E-state index contributed by atoms with van der Waals surface area (Å²) >= 11 is 6.59. The fraction of sp³-hybridized carbons (Fsp3) is 0.538. The fourth-order valence-electron chi connectivity index (χ4n) is 2.30. The SMILES string of the molecule is CC(NS(=O)(=O)c1cc(Br)ccc1Br)C1CCOCC1. The minimum atomic E-state index is -3.53. The van der Waals surface area contributed by atoms with Gasteiger partial charge in [0.2, 0.25) is 10.0 Å². The second kappa shape index (κ2) is 6.87. The first-order valence-corrected chi connectivity index (χ1v) is 9.52.